The Morgan fingerprint density at radius 3 is 2.84 bits per heavy atom. The van der Waals surface area contributed by atoms with Crippen molar-refractivity contribution in [1.29, 1.82) is 0 Å². The summed E-state index contributed by atoms with van der Waals surface area (Å²) in [6, 6.07) is 5.04. The van der Waals surface area contributed by atoms with E-state index in [0.717, 1.165) is 24.5 Å². The molecule has 1 aromatic carbocycles. The molecule has 5 heteroatoms. The SMILES string of the molecule is CCNC(c1ccc(F)c(Br)c1)c1nccn1CC. The van der Waals surface area contributed by atoms with E-state index in [1.807, 2.05) is 13.1 Å². The summed E-state index contributed by atoms with van der Waals surface area (Å²) in [7, 11) is 0. The lowest BCUT2D eigenvalue weighted by Crippen LogP contribution is -2.25. The molecule has 0 aliphatic heterocycles. The third-order valence-corrected chi connectivity index (χ3v) is 3.64. The molecular formula is C14H17BrFN3. The fourth-order valence-electron chi connectivity index (χ4n) is 2.10. The standard InChI is InChI=1S/C14H17BrFN3/c1-3-17-13(14-18-7-8-19(14)4-2)10-5-6-12(16)11(15)9-10/h5-9,13,17H,3-4H2,1-2H3. The Hall–Kier alpha value is -1.20. The molecule has 102 valence electrons. The highest BCUT2D eigenvalue weighted by atomic mass is 79.9. The van der Waals surface area contributed by atoms with Gasteiger partial charge in [0.15, 0.2) is 0 Å². The highest BCUT2D eigenvalue weighted by molar-refractivity contribution is 9.10. The molecule has 2 aromatic rings. The molecule has 1 N–H and O–H groups in total. The van der Waals surface area contributed by atoms with Gasteiger partial charge in [0.1, 0.15) is 11.6 Å². The first-order valence-electron chi connectivity index (χ1n) is 6.36. The van der Waals surface area contributed by atoms with Gasteiger partial charge < -0.3 is 9.88 Å². The van der Waals surface area contributed by atoms with E-state index in [0.29, 0.717) is 4.47 Å². The summed E-state index contributed by atoms with van der Waals surface area (Å²) < 4.78 is 15.9. The van der Waals surface area contributed by atoms with Gasteiger partial charge in [-0.3, -0.25) is 0 Å². The molecule has 0 fully saturated rings. The quantitative estimate of drug-likeness (QED) is 0.911. The second-order valence-electron chi connectivity index (χ2n) is 4.24. The molecular weight excluding hydrogens is 309 g/mol. The number of hydrogen-bond acceptors (Lipinski definition) is 2. The summed E-state index contributed by atoms with van der Waals surface area (Å²) in [6.45, 7) is 5.80. The van der Waals surface area contributed by atoms with E-state index in [1.54, 1.807) is 18.3 Å². The minimum Gasteiger partial charge on any atom is -0.334 e. The van der Waals surface area contributed by atoms with Crippen LogP contribution in [0.1, 0.15) is 31.3 Å². The predicted octanol–water partition coefficient (Wildman–Crippen LogP) is 3.50. The highest BCUT2D eigenvalue weighted by Crippen LogP contribution is 2.25. The largest absolute Gasteiger partial charge is 0.334 e. The van der Waals surface area contributed by atoms with Crippen molar-refractivity contribution in [2.45, 2.75) is 26.4 Å². The first-order chi connectivity index (χ1) is 9.17. The van der Waals surface area contributed by atoms with Crippen LogP contribution >= 0.6 is 15.9 Å². The summed E-state index contributed by atoms with van der Waals surface area (Å²) in [5.41, 5.74) is 0.996. The second kappa shape index (κ2) is 6.30. The van der Waals surface area contributed by atoms with Crippen LogP contribution in [0.3, 0.4) is 0 Å². The fourth-order valence-corrected chi connectivity index (χ4v) is 2.50. The van der Waals surface area contributed by atoms with Gasteiger partial charge in [-0.15, -0.1) is 0 Å². The van der Waals surface area contributed by atoms with Crippen molar-refractivity contribution in [1.82, 2.24) is 14.9 Å². The van der Waals surface area contributed by atoms with Crippen LogP contribution in [0, 0.1) is 5.82 Å². The Balaban J connectivity index is 2.42. The van der Waals surface area contributed by atoms with Crippen molar-refractivity contribution in [3.8, 4) is 0 Å². The average molecular weight is 326 g/mol. The lowest BCUT2D eigenvalue weighted by atomic mass is 10.1. The van der Waals surface area contributed by atoms with E-state index in [-0.39, 0.29) is 11.9 Å². The topological polar surface area (TPSA) is 29.9 Å². The lowest BCUT2D eigenvalue weighted by molar-refractivity contribution is 0.556. The van der Waals surface area contributed by atoms with E-state index < -0.39 is 0 Å². The van der Waals surface area contributed by atoms with Gasteiger partial charge in [0, 0.05) is 18.9 Å². The number of halogens is 2. The maximum atomic E-state index is 13.3. The first kappa shape index (κ1) is 14.2. The van der Waals surface area contributed by atoms with Crippen LogP contribution in [0.15, 0.2) is 35.1 Å². The van der Waals surface area contributed by atoms with Crippen LogP contribution in [0.5, 0.6) is 0 Å². The zero-order valence-corrected chi connectivity index (χ0v) is 12.6. The number of aryl methyl sites for hydroxylation is 1. The summed E-state index contributed by atoms with van der Waals surface area (Å²) in [6.07, 6.45) is 3.75. The van der Waals surface area contributed by atoms with Crippen molar-refractivity contribution in [2.75, 3.05) is 6.54 Å². The molecule has 2 rings (SSSR count). The third-order valence-electron chi connectivity index (χ3n) is 3.03. The molecule has 0 spiro atoms. The lowest BCUT2D eigenvalue weighted by Gasteiger charge is -2.19. The fraction of sp³-hybridized carbons (Fsp3) is 0.357. The Kier molecular flexibility index (Phi) is 4.71. The Morgan fingerprint density at radius 2 is 2.21 bits per heavy atom. The molecule has 19 heavy (non-hydrogen) atoms. The summed E-state index contributed by atoms with van der Waals surface area (Å²) in [4.78, 5) is 4.43. The van der Waals surface area contributed by atoms with Crippen molar-refractivity contribution in [2.24, 2.45) is 0 Å². The second-order valence-corrected chi connectivity index (χ2v) is 5.09. The Labute approximate surface area is 121 Å². The van der Waals surface area contributed by atoms with E-state index in [9.17, 15) is 4.39 Å². The number of nitrogens with zero attached hydrogens (tertiary/aromatic N) is 2. The molecule has 0 amide bonds. The summed E-state index contributed by atoms with van der Waals surface area (Å²) >= 11 is 3.23. The minimum atomic E-state index is -0.252. The van der Waals surface area contributed by atoms with Gasteiger partial charge in [-0.2, -0.15) is 0 Å². The number of aromatic nitrogens is 2. The highest BCUT2D eigenvalue weighted by Gasteiger charge is 2.18. The average Bonchev–Trinajstić information content (AvgIpc) is 2.87. The van der Waals surface area contributed by atoms with Gasteiger partial charge in [0.2, 0.25) is 0 Å². The number of imidazole rings is 1. The molecule has 0 aliphatic rings. The van der Waals surface area contributed by atoms with Crippen LogP contribution in [-0.4, -0.2) is 16.1 Å². The van der Waals surface area contributed by atoms with E-state index in [4.69, 9.17) is 0 Å². The Morgan fingerprint density at radius 1 is 1.42 bits per heavy atom. The number of hydrogen-bond donors (Lipinski definition) is 1. The molecule has 1 aromatic heterocycles. The molecule has 0 aliphatic carbocycles. The van der Waals surface area contributed by atoms with E-state index >= 15 is 0 Å². The van der Waals surface area contributed by atoms with Crippen molar-refractivity contribution >= 4 is 15.9 Å². The molecule has 0 bridgehead atoms. The van der Waals surface area contributed by atoms with Crippen molar-refractivity contribution in [3.05, 3.63) is 52.3 Å². The summed E-state index contributed by atoms with van der Waals surface area (Å²) in [5.74, 6) is 0.695. The van der Waals surface area contributed by atoms with Gasteiger partial charge in [-0.25, -0.2) is 9.37 Å². The smallest absolute Gasteiger partial charge is 0.137 e. The van der Waals surface area contributed by atoms with Crippen LogP contribution in [0.25, 0.3) is 0 Å². The van der Waals surface area contributed by atoms with Crippen LogP contribution in [0.4, 0.5) is 4.39 Å². The van der Waals surface area contributed by atoms with Gasteiger partial charge in [-0.05, 0) is 47.1 Å². The predicted molar refractivity (Wildman–Crippen MR) is 77.5 cm³/mol. The van der Waals surface area contributed by atoms with Gasteiger partial charge in [0.25, 0.3) is 0 Å². The third kappa shape index (κ3) is 3.04. The normalized spacial score (nSPS) is 12.6. The van der Waals surface area contributed by atoms with Gasteiger partial charge in [0.05, 0.1) is 10.5 Å². The number of nitrogens with one attached hydrogen (secondary N) is 1. The van der Waals surface area contributed by atoms with E-state index in [2.05, 4.69) is 37.7 Å². The molecule has 0 saturated carbocycles. The van der Waals surface area contributed by atoms with Crippen LogP contribution in [-0.2, 0) is 6.54 Å². The van der Waals surface area contributed by atoms with Crippen molar-refractivity contribution in [3.63, 3.8) is 0 Å². The van der Waals surface area contributed by atoms with E-state index in [1.165, 1.54) is 6.07 Å². The molecule has 0 saturated heterocycles. The Bertz CT molecular complexity index is 553. The maximum Gasteiger partial charge on any atom is 0.137 e. The van der Waals surface area contributed by atoms with Crippen LogP contribution < -0.4 is 5.32 Å². The van der Waals surface area contributed by atoms with Crippen LogP contribution in [0.2, 0.25) is 0 Å². The first-order valence-corrected chi connectivity index (χ1v) is 7.16. The number of benzene rings is 1. The van der Waals surface area contributed by atoms with Gasteiger partial charge >= 0.3 is 0 Å². The molecule has 1 atom stereocenters. The monoisotopic (exact) mass is 325 g/mol. The van der Waals surface area contributed by atoms with Gasteiger partial charge in [-0.1, -0.05) is 13.0 Å². The summed E-state index contributed by atoms with van der Waals surface area (Å²) in [5, 5.41) is 3.40. The molecule has 3 nitrogen and oxygen atoms in total. The number of rotatable bonds is 5. The molecule has 1 unspecified atom stereocenters. The van der Waals surface area contributed by atoms with Crippen molar-refractivity contribution < 1.29 is 4.39 Å². The molecule has 1 heterocycles. The maximum absolute atomic E-state index is 13.3. The minimum absolute atomic E-state index is 0.0307. The zero-order chi connectivity index (χ0) is 13.8. The zero-order valence-electron chi connectivity index (χ0n) is 11.0. The molecule has 0 radical (unpaired) electrons.